The van der Waals surface area contributed by atoms with E-state index in [0.717, 1.165) is 6.29 Å². The smallest absolute Gasteiger partial charge is 0.120 e. The number of hydrogen-bond donors (Lipinski definition) is 0. The van der Waals surface area contributed by atoms with Crippen LogP contribution in [0.1, 0.15) is 13.3 Å². The standard InChI is InChI=1S/C6H10O/c1-3-6(2)4-5-7/h3,5-6H,1,4H2,2H3/t6-/m0/s1. The van der Waals surface area contributed by atoms with Crippen molar-refractivity contribution in [1.29, 1.82) is 0 Å². The SMILES string of the molecule is C=C[C@H](C)CC=O. The first kappa shape index (κ1) is 6.41. The second-order valence-electron chi connectivity index (χ2n) is 1.62. The summed E-state index contributed by atoms with van der Waals surface area (Å²) in [6.07, 6.45) is 3.28. The summed E-state index contributed by atoms with van der Waals surface area (Å²) in [6, 6.07) is 0. The highest BCUT2D eigenvalue weighted by Crippen LogP contribution is 1.96. The average Bonchev–Trinajstić information content (AvgIpc) is 1.68. The summed E-state index contributed by atoms with van der Waals surface area (Å²) in [6.45, 7) is 5.48. The van der Waals surface area contributed by atoms with Gasteiger partial charge in [0.25, 0.3) is 0 Å². The molecule has 0 unspecified atom stereocenters. The lowest BCUT2D eigenvalue weighted by Gasteiger charge is -1.93. The molecule has 0 fully saturated rings. The zero-order valence-corrected chi connectivity index (χ0v) is 4.55. The Morgan fingerprint density at radius 1 is 1.86 bits per heavy atom. The minimum Gasteiger partial charge on any atom is -0.303 e. The first-order valence-corrected chi connectivity index (χ1v) is 2.37. The van der Waals surface area contributed by atoms with Gasteiger partial charge >= 0.3 is 0 Å². The van der Waals surface area contributed by atoms with Gasteiger partial charge in [-0.15, -0.1) is 6.58 Å². The molecule has 0 spiro atoms. The minimum atomic E-state index is 0.345. The Morgan fingerprint density at radius 3 is 2.57 bits per heavy atom. The van der Waals surface area contributed by atoms with Crippen LogP contribution in [0.2, 0.25) is 0 Å². The first-order chi connectivity index (χ1) is 3.31. The van der Waals surface area contributed by atoms with Crippen molar-refractivity contribution in [2.45, 2.75) is 13.3 Å². The van der Waals surface area contributed by atoms with Crippen molar-refractivity contribution in [3.8, 4) is 0 Å². The van der Waals surface area contributed by atoms with Crippen LogP contribution in [0.5, 0.6) is 0 Å². The Labute approximate surface area is 44.0 Å². The maximum absolute atomic E-state index is 9.73. The largest absolute Gasteiger partial charge is 0.303 e. The molecule has 0 radical (unpaired) electrons. The van der Waals surface area contributed by atoms with Crippen LogP contribution in [0.25, 0.3) is 0 Å². The summed E-state index contributed by atoms with van der Waals surface area (Å²) in [4.78, 5) is 9.73. The van der Waals surface area contributed by atoms with Crippen LogP contribution in [0, 0.1) is 5.92 Å². The van der Waals surface area contributed by atoms with E-state index in [0.29, 0.717) is 12.3 Å². The van der Waals surface area contributed by atoms with Crippen molar-refractivity contribution in [3.05, 3.63) is 12.7 Å². The molecular formula is C6H10O. The van der Waals surface area contributed by atoms with E-state index in [1.807, 2.05) is 6.92 Å². The summed E-state index contributed by atoms with van der Waals surface area (Å²) in [5.41, 5.74) is 0. The molecule has 0 heterocycles. The van der Waals surface area contributed by atoms with Crippen molar-refractivity contribution in [1.82, 2.24) is 0 Å². The summed E-state index contributed by atoms with van der Waals surface area (Å²) >= 11 is 0. The van der Waals surface area contributed by atoms with Crippen molar-refractivity contribution >= 4 is 6.29 Å². The summed E-state index contributed by atoms with van der Waals surface area (Å²) < 4.78 is 0. The monoisotopic (exact) mass is 98.1 g/mol. The van der Waals surface area contributed by atoms with Crippen LogP contribution >= 0.6 is 0 Å². The van der Waals surface area contributed by atoms with Gasteiger partial charge in [0, 0.05) is 6.42 Å². The molecular weight excluding hydrogens is 88.1 g/mol. The molecule has 40 valence electrons. The predicted octanol–water partition coefficient (Wildman–Crippen LogP) is 1.40. The van der Waals surface area contributed by atoms with Crippen molar-refractivity contribution < 1.29 is 4.79 Å². The first-order valence-electron chi connectivity index (χ1n) is 2.37. The topological polar surface area (TPSA) is 17.1 Å². The molecule has 0 aromatic rings. The van der Waals surface area contributed by atoms with Gasteiger partial charge in [-0.3, -0.25) is 0 Å². The van der Waals surface area contributed by atoms with E-state index in [2.05, 4.69) is 6.58 Å². The number of carbonyl (C=O) groups excluding carboxylic acids is 1. The third-order valence-corrected chi connectivity index (χ3v) is 0.870. The van der Waals surface area contributed by atoms with Gasteiger partial charge in [-0.25, -0.2) is 0 Å². The molecule has 0 aliphatic rings. The minimum absolute atomic E-state index is 0.345. The zero-order chi connectivity index (χ0) is 5.70. The van der Waals surface area contributed by atoms with Gasteiger partial charge in [-0.1, -0.05) is 13.0 Å². The summed E-state index contributed by atoms with van der Waals surface area (Å²) in [5.74, 6) is 0.345. The van der Waals surface area contributed by atoms with Crippen LogP contribution in [0.3, 0.4) is 0 Å². The molecule has 0 aliphatic heterocycles. The van der Waals surface area contributed by atoms with E-state index >= 15 is 0 Å². The highest BCUT2D eigenvalue weighted by Gasteiger charge is 1.89. The van der Waals surface area contributed by atoms with E-state index in [-0.39, 0.29) is 0 Å². The van der Waals surface area contributed by atoms with E-state index in [1.54, 1.807) is 6.08 Å². The normalized spacial score (nSPS) is 12.7. The quantitative estimate of drug-likeness (QED) is 0.385. The lowest BCUT2D eigenvalue weighted by molar-refractivity contribution is -0.108. The Balaban J connectivity index is 3.15. The average molecular weight is 98.1 g/mol. The molecule has 0 rings (SSSR count). The number of rotatable bonds is 3. The zero-order valence-electron chi connectivity index (χ0n) is 4.55. The summed E-state index contributed by atoms with van der Waals surface area (Å²) in [5, 5.41) is 0. The van der Waals surface area contributed by atoms with Gasteiger partial charge in [0.1, 0.15) is 6.29 Å². The molecule has 1 nitrogen and oxygen atoms in total. The lowest BCUT2D eigenvalue weighted by atomic mass is 10.1. The fourth-order valence-electron chi connectivity index (χ4n) is 0.248. The number of aldehydes is 1. The number of allylic oxidation sites excluding steroid dienone is 1. The molecule has 0 saturated heterocycles. The maximum Gasteiger partial charge on any atom is 0.120 e. The molecule has 7 heavy (non-hydrogen) atoms. The van der Waals surface area contributed by atoms with Crippen molar-refractivity contribution in [3.63, 3.8) is 0 Å². The van der Waals surface area contributed by atoms with Gasteiger partial charge in [-0.2, -0.15) is 0 Å². The molecule has 1 atom stereocenters. The molecule has 0 saturated carbocycles. The number of carbonyl (C=O) groups is 1. The van der Waals surface area contributed by atoms with Crippen LogP contribution in [0.4, 0.5) is 0 Å². The van der Waals surface area contributed by atoms with E-state index in [4.69, 9.17) is 0 Å². The lowest BCUT2D eigenvalue weighted by Crippen LogP contribution is -1.87. The fourth-order valence-corrected chi connectivity index (χ4v) is 0.248. The highest BCUT2D eigenvalue weighted by molar-refractivity contribution is 5.49. The van der Waals surface area contributed by atoms with Crippen molar-refractivity contribution in [2.24, 2.45) is 5.92 Å². The van der Waals surface area contributed by atoms with E-state index in [1.165, 1.54) is 0 Å². The second-order valence-corrected chi connectivity index (χ2v) is 1.62. The van der Waals surface area contributed by atoms with Gasteiger partial charge in [0.15, 0.2) is 0 Å². The molecule has 0 aliphatic carbocycles. The Bertz CT molecular complexity index is 66.6. The van der Waals surface area contributed by atoms with E-state index in [9.17, 15) is 4.79 Å². The Morgan fingerprint density at radius 2 is 2.43 bits per heavy atom. The highest BCUT2D eigenvalue weighted by atomic mass is 16.1. The predicted molar refractivity (Wildman–Crippen MR) is 30.0 cm³/mol. The van der Waals surface area contributed by atoms with Gasteiger partial charge in [0.2, 0.25) is 0 Å². The summed E-state index contributed by atoms with van der Waals surface area (Å²) in [7, 11) is 0. The van der Waals surface area contributed by atoms with Crippen molar-refractivity contribution in [2.75, 3.05) is 0 Å². The Hall–Kier alpha value is -0.590. The maximum atomic E-state index is 9.73. The number of hydrogen-bond acceptors (Lipinski definition) is 1. The van der Waals surface area contributed by atoms with Gasteiger partial charge < -0.3 is 4.79 Å². The molecule has 0 aromatic carbocycles. The molecule has 0 bridgehead atoms. The van der Waals surface area contributed by atoms with Crippen LogP contribution in [-0.2, 0) is 4.79 Å². The third-order valence-electron chi connectivity index (χ3n) is 0.870. The van der Waals surface area contributed by atoms with Crippen LogP contribution in [-0.4, -0.2) is 6.29 Å². The molecule has 0 N–H and O–H groups in total. The third kappa shape index (κ3) is 3.23. The van der Waals surface area contributed by atoms with Crippen LogP contribution < -0.4 is 0 Å². The molecule has 1 heteroatoms. The van der Waals surface area contributed by atoms with E-state index < -0.39 is 0 Å². The van der Waals surface area contributed by atoms with Gasteiger partial charge in [-0.05, 0) is 5.92 Å². The second kappa shape index (κ2) is 3.59. The van der Waals surface area contributed by atoms with Gasteiger partial charge in [0.05, 0.1) is 0 Å². The molecule has 0 amide bonds. The Kier molecular flexibility index (Phi) is 3.29. The molecule has 0 aromatic heterocycles. The fraction of sp³-hybridized carbons (Fsp3) is 0.500. The van der Waals surface area contributed by atoms with Crippen LogP contribution in [0.15, 0.2) is 12.7 Å².